The van der Waals surface area contributed by atoms with Crippen LogP contribution >= 0.6 is 11.8 Å². The van der Waals surface area contributed by atoms with Gasteiger partial charge < -0.3 is 10.1 Å². The minimum atomic E-state index is -0.0602. The zero-order valence-corrected chi connectivity index (χ0v) is 18.6. The van der Waals surface area contributed by atoms with E-state index >= 15 is 0 Å². The highest BCUT2D eigenvalue weighted by atomic mass is 32.2. The molecule has 4 unspecified atom stereocenters. The molecule has 0 saturated heterocycles. The molecule has 2 aromatic rings. The van der Waals surface area contributed by atoms with Gasteiger partial charge in [0, 0.05) is 26.3 Å². The second-order valence-electron chi connectivity index (χ2n) is 8.70. The largest absolute Gasteiger partial charge is 0.385 e. The monoisotopic (exact) mass is 429 g/mol. The van der Waals surface area contributed by atoms with Gasteiger partial charge >= 0.3 is 0 Å². The van der Waals surface area contributed by atoms with Crippen LogP contribution in [0.4, 0.5) is 0 Å². The van der Waals surface area contributed by atoms with Gasteiger partial charge in [-0.2, -0.15) is 0 Å². The van der Waals surface area contributed by atoms with Crippen molar-refractivity contribution in [1.29, 1.82) is 0 Å². The van der Waals surface area contributed by atoms with E-state index in [4.69, 9.17) is 4.74 Å². The first-order chi connectivity index (χ1) is 14.6. The van der Waals surface area contributed by atoms with Crippen LogP contribution in [0.25, 0.3) is 10.9 Å². The number of fused-ring (bicyclic) bond motifs is 3. The third-order valence-corrected chi connectivity index (χ3v) is 7.69. The lowest BCUT2D eigenvalue weighted by atomic mass is 9.84. The molecule has 162 valence electrons. The molecule has 2 aliphatic rings. The number of hydrogen-bond acceptors (Lipinski definition) is 5. The fourth-order valence-corrected chi connectivity index (χ4v) is 6.10. The first-order valence-corrected chi connectivity index (χ1v) is 12.0. The number of methoxy groups -OCH3 is 1. The number of carbonyl (C=O) groups excluding carboxylic acids is 1. The fourth-order valence-electron chi connectivity index (χ4n) is 5.26. The number of aromatic nitrogens is 2. The van der Waals surface area contributed by atoms with Crippen molar-refractivity contribution in [2.45, 2.75) is 56.8 Å². The molecule has 2 bridgehead atoms. The van der Waals surface area contributed by atoms with Gasteiger partial charge in [-0.3, -0.25) is 14.2 Å². The highest BCUT2D eigenvalue weighted by Gasteiger charge is 2.42. The van der Waals surface area contributed by atoms with Crippen molar-refractivity contribution in [2.24, 2.45) is 17.8 Å². The lowest BCUT2D eigenvalue weighted by Gasteiger charge is -2.28. The molecule has 4 atom stereocenters. The maximum Gasteiger partial charge on any atom is 0.262 e. The smallest absolute Gasteiger partial charge is 0.262 e. The number of ether oxygens (including phenoxy) is 1. The van der Waals surface area contributed by atoms with Crippen LogP contribution in [0.2, 0.25) is 0 Å². The Kier molecular flexibility index (Phi) is 6.78. The normalized spacial score (nSPS) is 23.7. The van der Waals surface area contributed by atoms with Crippen LogP contribution in [-0.4, -0.2) is 41.0 Å². The summed E-state index contributed by atoms with van der Waals surface area (Å²) in [6.45, 7) is 3.24. The zero-order chi connectivity index (χ0) is 21.1. The van der Waals surface area contributed by atoms with E-state index in [9.17, 15) is 9.59 Å². The van der Waals surface area contributed by atoms with E-state index in [0.717, 1.165) is 18.3 Å². The molecule has 30 heavy (non-hydrogen) atoms. The summed E-state index contributed by atoms with van der Waals surface area (Å²) in [4.78, 5) is 30.3. The summed E-state index contributed by atoms with van der Waals surface area (Å²) in [7, 11) is 1.65. The lowest BCUT2D eigenvalue weighted by Crippen LogP contribution is -2.41. The lowest BCUT2D eigenvalue weighted by molar-refractivity contribution is -0.119. The SMILES string of the molecule is COCCCn1c(SCC(=O)NC(C)C2CC3CCC2C3)nc2ccccc2c1=O. The minimum absolute atomic E-state index is 0.0149. The summed E-state index contributed by atoms with van der Waals surface area (Å²) in [5.74, 6) is 2.55. The number of amides is 1. The molecule has 2 saturated carbocycles. The second-order valence-corrected chi connectivity index (χ2v) is 9.64. The molecule has 2 fully saturated rings. The van der Waals surface area contributed by atoms with Gasteiger partial charge in [-0.05, 0) is 62.5 Å². The highest BCUT2D eigenvalue weighted by molar-refractivity contribution is 7.99. The molecular formula is C23H31N3O3S. The number of carbonyl (C=O) groups is 1. The molecule has 4 rings (SSSR count). The molecule has 1 aromatic heterocycles. The van der Waals surface area contributed by atoms with Crippen LogP contribution in [0, 0.1) is 17.8 Å². The van der Waals surface area contributed by atoms with Crippen molar-refractivity contribution in [3.63, 3.8) is 0 Å². The molecule has 2 aliphatic carbocycles. The average molecular weight is 430 g/mol. The van der Waals surface area contributed by atoms with Crippen molar-refractivity contribution in [1.82, 2.24) is 14.9 Å². The number of para-hydroxylation sites is 1. The van der Waals surface area contributed by atoms with Gasteiger partial charge in [0.2, 0.25) is 5.91 Å². The van der Waals surface area contributed by atoms with E-state index in [0.29, 0.717) is 35.1 Å². The number of rotatable bonds is 9. The van der Waals surface area contributed by atoms with Crippen molar-refractivity contribution in [2.75, 3.05) is 19.5 Å². The molecular weight excluding hydrogens is 398 g/mol. The molecule has 7 heteroatoms. The maximum absolute atomic E-state index is 13.0. The zero-order valence-electron chi connectivity index (χ0n) is 17.8. The number of nitrogens with zero attached hydrogens (tertiary/aromatic N) is 2. The van der Waals surface area contributed by atoms with Crippen molar-refractivity contribution >= 4 is 28.6 Å². The van der Waals surface area contributed by atoms with Gasteiger partial charge in [-0.15, -0.1) is 0 Å². The average Bonchev–Trinajstić information content (AvgIpc) is 3.38. The van der Waals surface area contributed by atoms with E-state index in [1.54, 1.807) is 17.7 Å². The quantitative estimate of drug-likeness (QED) is 0.375. The Balaban J connectivity index is 1.43. The summed E-state index contributed by atoms with van der Waals surface area (Å²) in [6, 6.07) is 7.58. The van der Waals surface area contributed by atoms with Crippen LogP contribution in [0.1, 0.15) is 39.0 Å². The van der Waals surface area contributed by atoms with E-state index < -0.39 is 0 Å². The first kappa shape index (κ1) is 21.4. The Bertz CT molecular complexity index is 960. The Morgan fingerprint density at radius 2 is 2.17 bits per heavy atom. The van der Waals surface area contributed by atoms with Crippen molar-refractivity contribution < 1.29 is 9.53 Å². The molecule has 0 aliphatic heterocycles. The summed E-state index contributed by atoms with van der Waals surface area (Å²) < 4.78 is 6.81. The van der Waals surface area contributed by atoms with Gasteiger partial charge in [0.1, 0.15) is 0 Å². The Morgan fingerprint density at radius 3 is 2.90 bits per heavy atom. The molecule has 1 heterocycles. The van der Waals surface area contributed by atoms with Crippen LogP contribution < -0.4 is 10.9 Å². The predicted octanol–water partition coefficient (Wildman–Crippen LogP) is 3.47. The summed E-state index contributed by atoms with van der Waals surface area (Å²) >= 11 is 1.34. The van der Waals surface area contributed by atoms with Gasteiger partial charge in [-0.1, -0.05) is 30.3 Å². The van der Waals surface area contributed by atoms with E-state index in [1.165, 1.54) is 37.4 Å². The fraction of sp³-hybridized carbons (Fsp3) is 0.609. The summed E-state index contributed by atoms with van der Waals surface area (Å²) in [5, 5.41) is 4.41. The summed E-state index contributed by atoms with van der Waals surface area (Å²) in [6.07, 6.45) is 6.00. The van der Waals surface area contributed by atoms with Crippen molar-refractivity contribution in [3.8, 4) is 0 Å². The van der Waals surface area contributed by atoms with Gasteiger partial charge in [0.25, 0.3) is 5.56 Å². The topological polar surface area (TPSA) is 73.2 Å². The Morgan fingerprint density at radius 1 is 1.33 bits per heavy atom. The van der Waals surface area contributed by atoms with E-state index in [2.05, 4.69) is 17.2 Å². The predicted molar refractivity (Wildman–Crippen MR) is 120 cm³/mol. The number of thioether (sulfide) groups is 1. The van der Waals surface area contributed by atoms with Crippen molar-refractivity contribution in [3.05, 3.63) is 34.6 Å². The third kappa shape index (κ3) is 4.57. The van der Waals surface area contributed by atoms with Gasteiger partial charge in [-0.25, -0.2) is 4.98 Å². The molecule has 6 nitrogen and oxygen atoms in total. The minimum Gasteiger partial charge on any atom is -0.385 e. The van der Waals surface area contributed by atoms with E-state index in [1.807, 2.05) is 18.2 Å². The molecule has 0 spiro atoms. The third-order valence-electron chi connectivity index (χ3n) is 6.71. The second kappa shape index (κ2) is 9.52. The standard InChI is InChI=1S/C23H31N3O3S/c1-15(19-13-16-8-9-17(19)12-16)24-21(27)14-30-23-25-20-7-4-3-6-18(20)22(28)26(23)10-5-11-29-2/h3-4,6-7,15-17,19H,5,8-14H2,1-2H3,(H,24,27). The number of hydrogen-bond donors (Lipinski definition) is 1. The van der Waals surface area contributed by atoms with Gasteiger partial charge in [0.05, 0.1) is 16.7 Å². The maximum atomic E-state index is 13.0. The molecule has 1 aromatic carbocycles. The molecule has 1 amide bonds. The Labute approximate surface area is 181 Å². The van der Waals surface area contributed by atoms with Crippen LogP contribution in [0.5, 0.6) is 0 Å². The molecule has 1 N–H and O–H groups in total. The van der Waals surface area contributed by atoms with Gasteiger partial charge in [0.15, 0.2) is 5.16 Å². The highest BCUT2D eigenvalue weighted by Crippen LogP contribution is 2.49. The van der Waals surface area contributed by atoms with Crippen LogP contribution in [0.3, 0.4) is 0 Å². The van der Waals surface area contributed by atoms with Crippen LogP contribution in [-0.2, 0) is 16.1 Å². The molecule has 0 radical (unpaired) electrons. The number of nitrogens with one attached hydrogen (secondary N) is 1. The summed E-state index contributed by atoms with van der Waals surface area (Å²) in [5.41, 5.74) is 0.610. The first-order valence-electron chi connectivity index (χ1n) is 11.0. The van der Waals surface area contributed by atoms with Crippen LogP contribution in [0.15, 0.2) is 34.2 Å². The number of benzene rings is 1. The van der Waals surface area contributed by atoms with E-state index in [-0.39, 0.29) is 23.3 Å². The Hall–Kier alpha value is -1.86.